The predicted molar refractivity (Wildman–Crippen MR) is 90.9 cm³/mol. The Morgan fingerprint density at radius 2 is 1.65 bits per heavy atom. The van der Waals surface area contributed by atoms with Crippen LogP contribution in [-0.4, -0.2) is 18.5 Å². The van der Waals surface area contributed by atoms with Crippen molar-refractivity contribution in [3.63, 3.8) is 0 Å². The minimum Gasteiger partial charge on any atom is -0.452 e. The number of para-hydroxylation sites is 1. The van der Waals surface area contributed by atoms with E-state index in [-0.39, 0.29) is 11.5 Å². The Morgan fingerprint density at radius 1 is 1.04 bits per heavy atom. The molecule has 1 N–H and O–H groups in total. The molecule has 138 valence electrons. The summed E-state index contributed by atoms with van der Waals surface area (Å²) in [6, 6.07) is 10.9. The number of halogens is 3. The molecule has 0 bridgehead atoms. The highest BCUT2D eigenvalue weighted by atomic mass is 19.4. The van der Waals surface area contributed by atoms with E-state index >= 15 is 0 Å². The zero-order valence-electron chi connectivity index (χ0n) is 14.3. The molecular weight excluding hydrogens is 347 g/mol. The Balaban J connectivity index is 1.94. The van der Waals surface area contributed by atoms with Gasteiger partial charge in [-0.15, -0.1) is 0 Å². The standard InChI is InChI=1S/C19H18F3NO3/c1-12(2)15-5-3-4-6-16(15)23-17(24)11-26-18(25)13-7-9-14(10-8-13)19(20,21)22/h3-10,12H,11H2,1-2H3,(H,23,24). The topological polar surface area (TPSA) is 55.4 Å². The molecule has 0 heterocycles. The third kappa shape index (κ3) is 5.08. The van der Waals surface area contributed by atoms with Gasteiger partial charge in [-0.25, -0.2) is 4.79 Å². The Bertz CT molecular complexity index is 783. The van der Waals surface area contributed by atoms with Crippen molar-refractivity contribution in [2.24, 2.45) is 0 Å². The summed E-state index contributed by atoms with van der Waals surface area (Å²) >= 11 is 0. The molecular formula is C19H18F3NO3. The van der Waals surface area contributed by atoms with Gasteiger partial charge in [0.2, 0.25) is 0 Å². The lowest BCUT2D eigenvalue weighted by molar-refractivity contribution is -0.137. The van der Waals surface area contributed by atoms with Crippen molar-refractivity contribution < 1.29 is 27.5 Å². The molecule has 4 nitrogen and oxygen atoms in total. The molecule has 0 unspecified atom stereocenters. The number of esters is 1. The molecule has 7 heteroatoms. The highest BCUT2D eigenvalue weighted by Crippen LogP contribution is 2.29. The van der Waals surface area contributed by atoms with Gasteiger partial charge in [0.15, 0.2) is 6.61 Å². The molecule has 0 aliphatic carbocycles. The van der Waals surface area contributed by atoms with Crippen LogP contribution >= 0.6 is 0 Å². The molecule has 26 heavy (non-hydrogen) atoms. The lowest BCUT2D eigenvalue weighted by Crippen LogP contribution is -2.21. The van der Waals surface area contributed by atoms with E-state index in [1.807, 2.05) is 26.0 Å². The number of carbonyl (C=O) groups is 2. The number of alkyl halides is 3. The number of anilines is 1. The number of carbonyl (C=O) groups excluding carboxylic acids is 2. The monoisotopic (exact) mass is 365 g/mol. The minimum absolute atomic E-state index is 0.0617. The average molecular weight is 365 g/mol. The van der Waals surface area contributed by atoms with Crippen LogP contribution in [0, 0.1) is 0 Å². The molecule has 0 aliphatic rings. The first-order chi connectivity index (χ1) is 12.2. The van der Waals surface area contributed by atoms with Crippen molar-refractivity contribution in [1.29, 1.82) is 0 Å². The van der Waals surface area contributed by atoms with Gasteiger partial charge >= 0.3 is 12.1 Å². The van der Waals surface area contributed by atoms with Crippen molar-refractivity contribution in [1.82, 2.24) is 0 Å². The van der Waals surface area contributed by atoms with E-state index < -0.39 is 30.2 Å². The zero-order valence-corrected chi connectivity index (χ0v) is 14.3. The SMILES string of the molecule is CC(C)c1ccccc1NC(=O)COC(=O)c1ccc(C(F)(F)F)cc1. The van der Waals surface area contributed by atoms with Gasteiger partial charge in [-0.1, -0.05) is 32.0 Å². The molecule has 0 fully saturated rings. The fourth-order valence-corrected chi connectivity index (χ4v) is 2.31. The lowest BCUT2D eigenvalue weighted by atomic mass is 10.0. The molecule has 0 aliphatic heterocycles. The molecule has 0 atom stereocenters. The summed E-state index contributed by atoms with van der Waals surface area (Å²) in [7, 11) is 0. The van der Waals surface area contributed by atoms with Crippen LogP contribution in [0.2, 0.25) is 0 Å². The van der Waals surface area contributed by atoms with Crippen molar-refractivity contribution >= 4 is 17.6 Å². The number of hydrogen-bond acceptors (Lipinski definition) is 3. The van der Waals surface area contributed by atoms with Crippen LogP contribution in [0.25, 0.3) is 0 Å². The molecule has 0 spiro atoms. The van der Waals surface area contributed by atoms with Crippen LogP contribution in [-0.2, 0) is 15.7 Å². The Labute approximate surface area is 149 Å². The van der Waals surface area contributed by atoms with Crippen LogP contribution in [0.3, 0.4) is 0 Å². The van der Waals surface area contributed by atoms with Gasteiger partial charge in [-0.05, 0) is 41.8 Å². The second kappa shape index (κ2) is 8.03. The molecule has 1 amide bonds. The van der Waals surface area contributed by atoms with Gasteiger partial charge in [-0.2, -0.15) is 13.2 Å². The van der Waals surface area contributed by atoms with Crippen LogP contribution < -0.4 is 5.32 Å². The summed E-state index contributed by atoms with van der Waals surface area (Å²) in [5.41, 5.74) is 0.637. The summed E-state index contributed by atoms with van der Waals surface area (Å²) in [6.07, 6.45) is -4.48. The highest BCUT2D eigenvalue weighted by molar-refractivity contribution is 5.96. The van der Waals surface area contributed by atoms with Crippen molar-refractivity contribution in [2.45, 2.75) is 25.9 Å². The largest absolute Gasteiger partial charge is 0.452 e. The van der Waals surface area contributed by atoms with Crippen molar-refractivity contribution in [2.75, 3.05) is 11.9 Å². The lowest BCUT2D eigenvalue weighted by Gasteiger charge is -2.13. The molecule has 0 saturated carbocycles. The van der Waals surface area contributed by atoms with E-state index in [0.717, 1.165) is 29.8 Å². The van der Waals surface area contributed by atoms with Crippen LogP contribution in [0.15, 0.2) is 48.5 Å². The molecule has 0 radical (unpaired) electrons. The quantitative estimate of drug-likeness (QED) is 0.787. The van der Waals surface area contributed by atoms with E-state index in [1.54, 1.807) is 12.1 Å². The number of rotatable bonds is 5. The molecule has 2 aromatic carbocycles. The number of nitrogens with one attached hydrogen (secondary N) is 1. The van der Waals surface area contributed by atoms with Crippen LogP contribution in [0.1, 0.15) is 41.3 Å². The van der Waals surface area contributed by atoms with Gasteiger partial charge in [0.25, 0.3) is 5.91 Å². The first-order valence-electron chi connectivity index (χ1n) is 7.91. The second-order valence-corrected chi connectivity index (χ2v) is 5.94. The Morgan fingerprint density at radius 3 is 2.23 bits per heavy atom. The fraction of sp³-hybridized carbons (Fsp3) is 0.263. The van der Waals surface area contributed by atoms with Gasteiger partial charge in [0, 0.05) is 5.69 Å². The molecule has 0 saturated heterocycles. The maximum absolute atomic E-state index is 12.5. The van der Waals surface area contributed by atoms with Crippen molar-refractivity contribution in [3.05, 3.63) is 65.2 Å². The number of amides is 1. The number of hydrogen-bond donors (Lipinski definition) is 1. The summed E-state index contributed by atoms with van der Waals surface area (Å²) in [5, 5.41) is 2.66. The third-order valence-corrected chi connectivity index (χ3v) is 3.64. The summed E-state index contributed by atoms with van der Waals surface area (Å²) in [6.45, 7) is 3.43. The second-order valence-electron chi connectivity index (χ2n) is 5.94. The van der Waals surface area contributed by atoms with E-state index in [9.17, 15) is 22.8 Å². The summed E-state index contributed by atoms with van der Waals surface area (Å²) in [5.74, 6) is -1.20. The van der Waals surface area contributed by atoms with Crippen molar-refractivity contribution in [3.8, 4) is 0 Å². The number of ether oxygens (including phenoxy) is 1. The Hall–Kier alpha value is -2.83. The zero-order chi connectivity index (χ0) is 19.3. The number of benzene rings is 2. The van der Waals surface area contributed by atoms with Gasteiger partial charge < -0.3 is 10.1 Å². The van der Waals surface area contributed by atoms with Gasteiger partial charge in [0.05, 0.1) is 11.1 Å². The van der Waals surface area contributed by atoms with E-state index in [0.29, 0.717) is 5.69 Å². The van der Waals surface area contributed by atoms with E-state index in [2.05, 4.69) is 5.32 Å². The van der Waals surface area contributed by atoms with Crippen LogP contribution in [0.4, 0.5) is 18.9 Å². The van der Waals surface area contributed by atoms with Crippen LogP contribution in [0.5, 0.6) is 0 Å². The summed E-state index contributed by atoms with van der Waals surface area (Å²) in [4.78, 5) is 23.8. The minimum atomic E-state index is -4.48. The smallest absolute Gasteiger partial charge is 0.416 e. The average Bonchev–Trinajstić information content (AvgIpc) is 2.59. The normalized spacial score (nSPS) is 11.3. The van der Waals surface area contributed by atoms with E-state index in [4.69, 9.17) is 4.74 Å². The molecule has 2 rings (SSSR count). The first kappa shape index (κ1) is 19.5. The van der Waals surface area contributed by atoms with E-state index in [1.165, 1.54) is 0 Å². The predicted octanol–water partition coefficient (Wildman–Crippen LogP) is 4.62. The fourth-order valence-electron chi connectivity index (χ4n) is 2.31. The third-order valence-electron chi connectivity index (χ3n) is 3.64. The van der Waals surface area contributed by atoms with Gasteiger partial charge in [-0.3, -0.25) is 4.79 Å². The highest BCUT2D eigenvalue weighted by Gasteiger charge is 2.30. The first-order valence-corrected chi connectivity index (χ1v) is 7.91. The summed E-state index contributed by atoms with van der Waals surface area (Å²) < 4.78 is 42.4. The maximum atomic E-state index is 12.5. The Kier molecular flexibility index (Phi) is 6.02. The maximum Gasteiger partial charge on any atom is 0.416 e. The molecule has 0 aromatic heterocycles. The van der Waals surface area contributed by atoms with Gasteiger partial charge in [0.1, 0.15) is 0 Å². The molecule has 2 aromatic rings.